The molecule has 1 unspecified atom stereocenters. The molecule has 2 aromatic carbocycles. The van der Waals surface area contributed by atoms with Gasteiger partial charge in [0.2, 0.25) is 0 Å². The second-order valence-electron chi connectivity index (χ2n) is 4.65. The van der Waals surface area contributed by atoms with Gasteiger partial charge < -0.3 is 4.90 Å². The maximum absolute atomic E-state index is 13.5. The summed E-state index contributed by atoms with van der Waals surface area (Å²) in [6.45, 7) is 2.14. The van der Waals surface area contributed by atoms with E-state index in [-0.39, 0.29) is 10.8 Å². The van der Waals surface area contributed by atoms with Crippen LogP contribution < -0.4 is 4.90 Å². The zero-order valence-electron chi connectivity index (χ0n) is 10.0. The lowest BCUT2D eigenvalue weighted by Crippen LogP contribution is -2.23. The van der Waals surface area contributed by atoms with Gasteiger partial charge in [-0.05, 0) is 43.2 Å². The molecule has 0 aromatic heterocycles. The summed E-state index contributed by atoms with van der Waals surface area (Å²) in [4.78, 5) is 2.21. The van der Waals surface area contributed by atoms with E-state index in [0.717, 1.165) is 23.4 Å². The van der Waals surface area contributed by atoms with Gasteiger partial charge in [0.25, 0.3) is 0 Å². The molecule has 92 valence electrons. The summed E-state index contributed by atoms with van der Waals surface area (Å²) in [5.41, 5.74) is 3.15. The Morgan fingerprint density at radius 3 is 2.67 bits per heavy atom. The van der Waals surface area contributed by atoms with Crippen LogP contribution in [0.1, 0.15) is 12.5 Å². The Hall–Kier alpha value is -1.54. The number of hydrogen-bond donors (Lipinski definition) is 0. The Bertz CT molecular complexity index is 583. The van der Waals surface area contributed by atoms with Crippen molar-refractivity contribution < 1.29 is 4.39 Å². The lowest BCUT2D eigenvalue weighted by molar-refractivity contribution is 0.626. The van der Waals surface area contributed by atoms with E-state index >= 15 is 0 Å². The first-order chi connectivity index (χ1) is 8.66. The van der Waals surface area contributed by atoms with Crippen molar-refractivity contribution in [3.63, 3.8) is 0 Å². The summed E-state index contributed by atoms with van der Waals surface area (Å²) in [7, 11) is 0. The van der Waals surface area contributed by atoms with Gasteiger partial charge in [0.1, 0.15) is 5.82 Å². The van der Waals surface area contributed by atoms with E-state index in [1.807, 2.05) is 18.2 Å². The van der Waals surface area contributed by atoms with E-state index < -0.39 is 0 Å². The molecular weight excluding hydrogens is 249 g/mol. The van der Waals surface area contributed by atoms with Crippen molar-refractivity contribution in [3.8, 4) is 0 Å². The summed E-state index contributed by atoms with van der Waals surface area (Å²) < 4.78 is 13.5. The van der Waals surface area contributed by atoms with Gasteiger partial charge in [0.15, 0.2) is 0 Å². The average molecular weight is 262 g/mol. The van der Waals surface area contributed by atoms with Crippen LogP contribution in [0.4, 0.5) is 15.8 Å². The van der Waals surface area contributed by atoms with Crippen molar-refractivity contribution in [2.75, 3.05) is 4.90 Å². The minimum Gasteiger partial charge on any atom is -0.338 e. The fourth-order valence-corrected chi connectivity index (χ4v) is 2.75. The standard InChI is InChI=1S/C15H13ClFN/c1-10-7-11-8-14(17)13(16)9-15(11)18(10)12-5-3-2-4-6-12/h2-6,8-10H,7H2,1H3. The third-order valence-corrected chi connectivity index (χ3v) is 3.66. The maximum Gasteiger partial charge on any atom is 0.142 e. The summed E-state index contributed by atoms with van der Waals surface area (Å²) in [6.07, 6.45) is 0.846. The molecule has 18 heavy (non-hydrogen) atoms. The van der Waals surface area contributed by atoms with Crippen LogP contribution in [0, 0.1) is 5.82 Å². The second-order valence-corrected chi connectivity index (χ2v) is 5.06. The fourth-order valence-electron chi connectivity index (χ4n) is 2.59. The van der Waals surface area contributed by atoms with Crippen LogP contribution in [-0.4, -0.2) is 6.04 Å². The average Bonchev–Trinajstić information content (AvgIpc) is 2.66. The van der Waals surface area contributed by atoms with Crippen LogP contribution in [0.5, 0.6) is 0 Å². The van der Waals surface area contributed by atoms with E-state index in [1.165, 1.54) is 0 Å². The highest BCUT2D eigenvalue weighted by Crippen LogP contribution is 2.40. The van der Waals surface area contributed by atoms with Crippen LogP contribution in [0.3, 0.4) is 0 Å². The molecule has 1 aliphatic rings. The predicted octanol–water partition coefficient (Wildman–Crippen LogP) is 4.56. The molecule has 0 saturated heterocycles. The number of para-hydroxylation sites is 1. The Morgan fingerprint density at radius 1 is 1.22 bits per heavy atom. The van der Waals surface area contributed by atoms with Gasteiger partial charge in [-0.3, -0.25) is 0 Å². The minimum atomic E-state index is -0.336. The van der Waals surface area contributed by atoms with Crippen LogP contribution in [0.25, 0.3) is 0 Å². The molecule has 0 fully saturated rings. The van der Waals surface area contributed by atoms with Gasteiger partial charge in [-0.1, -0.05) is 29.8 Å². The molecule has 2 aromatic rings. The van der Waals surface area contributed by atoms with Gasteiger partial charge in [-0.2, -0.15) is 0 Å². The summed E-state index contributed by atoms with van der Waals surface area (Å²) in [5, 5.41) is 0.184. The molecule has 1 heterocycles. The fraction of sp³-hybridized carbons (Fsp3) is 0.200. The quantitative estimate of drug-likeness (QED) is 0.727. The first kappa shape index (κ1) is 11.5. The van der Waals surface area contributed by atoms with Crippen LogP contribution in [0.15, 0.2) is 42.5 Å². The van der Waals surface area contributed by atoms with Crippen LogP contribution in [0.2, 0.25) is 5.02 Å². The highest BCUT2D eigenvalue weighted by molar-refractivity contribution is 6.31. The van der Waals surface area contributed by atoms with Crippen molar-refractivity contribution in [1.82, 2.24) is 0 Å². The molecule has 3 heteroatoms. The number of halogens is 2. The van der Waals surface area contributed by atoms with Gasteiger partial charge >= 0.3 is 0 Å². The topological polar surface area (TPSA) is 3.24 Å². The Kier molecular flexibility index (Phi) is 2.75. The number of anilines is 2. The highest BCUT2D eigenvalue weighted by atomic mass is 35.5. The molecule has 0 bridgehead atoms. The van der Waals surface area contributed by atoms with Gasteiger partial charge in [-0.15, -0.1) is 0 Å². The van der Waals surface area contributed by atoms with E-state index in [1.54, 1.807) is 12.1 Å². The molecule has 1 atom stereocenters. The zero-order valence-corrected chi connectivity index (χ0v) is 10.8. The van der Waals surface area contributed by atoms with Gasteiger partial charge in [-0.25, -0.2) is 4.39 Å². The first-order valence-electron chi connectivity index (χ1n) is 5.99. The Balaban J connectivity index is 2.12. The molecule has 1 aliphatic heterocycles. The van der Waals surface area contributed by atoms with Gasteiger partial charge in [0, 0.05) is 17.4 Å². The SMILES string of the molecule is CC1Cc2cc(F)c(Cl)cc2N1c1ccccc1. The smallest absolute Gasteiger partial charge is 0.142 e. The molecule has 1 nitrogen and oxygen atoms in total. The van der Waals surface area contributed by atoms with E-state index in [4.69, 9.17) is 11.6 Å². The number of benzene rings is 2. The zero-order chi connectivity index (χ0) is 12.7. The molecule has 0 aliphatic carbocycles. The third kappa shape index (κ3) is 1.77. The van der Waals surface area contributed by atoms with E-state index in [9.17, 15) is 4.39 Å². The van der Waals surface area contributed by atoms with Crippen LogP contribution in [-0.2, 0) is 6.42 Å². The minimum absolute atomic E-state index is 0.184. The van der Waals surface area contributed by atoms with Crippen molar-refractivity contribution in [2.24, 2.45) is 0 Å². The van der Waals surface area contributed by atoms with Crippen molar-refractivity contribution in [3.05, 3.63) is 58.9 Å². The highest BCUT2D eigenvalue weighted by Gasteiger charge is 2.28. The molecule has 3 rings (SSSR count). The second kappa shape index (κ2) is 4.29. The third-order valence-electron chi connectivity index (χ3n) is 3.37. The largest absolute Gasteiger partial charge is 0.338 e. The lowest BCUT2D eigenvalue weighted by atomic mass is 10.1. The number of hydrogen-bond acceptors (Lipinski definition) is 1. The van der Waals surface area contributed by atoms with Crippen molar-refractivity contribution in [2.45, 2.75) is 19.4 Å². The molecule has 0 amide bonds. The number of nitrogens with zero attached hydrogens (tertiary/aromatic N) is 1. The molecule has 0 spiro atoms. The van der Waals surface area contributed by atoms with E-state index in [0.29, 0.717) is 6.04 Å². The monoisotopic (exact) mass is 261 g/mol. The summed E-state index contributed by atoms with van der Waals surface area (Å²) in [5.74, 6) is -0.336. The Morgan fingerprint density at radius 2 is 1.94 bits per heavy atom. The van der Waals surface area contributed by atoms with Crippen molar-refractivity contribution in [1.29, 1.82) is 0 Å². The summed E-state index contributed by atoms with van der Waals surface area (Å²) in [6, 6.07) is 13.7. The summed E-state index contributed by atoms with van der Waals surface area (Å²) >= 11 is 5.89. The normalized spacial score (nSPS) is 17.9. The molecule has 0 saturated carbocycles. The molecule has 0 radical (unpaired) electrons. The van der Waals surface area contributed by atoms with Crippen molar-refractivity contribution >= 4 is 23.0 Å². The predicted molar refractivity (Wildman–Crippen MR) is 73.2 cm³/mol. The van der Waals surface area contributed by atoms with E-state index in [2.05, 4.69) is 24.0 Å². The first-order valence-corrected chi connectivity index (χ1v) is 6.37. The maximum atomic E-state index is 13.5. The molecule has 0 N–H and O–H groups in total. The molecular formula is C15H13ClFN. The number of rotatable bonds is 1. The van der Waals surface area contributed by atoms with Crippen LogP contribution >= 0.6 is 11.6 Å². The van der Waals surface area contributed by atoms with Gasteiger partial charge in [0.05, 0.1) is 5.02 Å². The number of fused-ring (bicyclic) bond motifs is 1. The lowest BCUT2D eigenvalue weighted by Gasteiger charge is -2.25. The Labute approximate surface area is 111 Å².